The lowest BCUT2D eigenvalue weighted by atomic mass is 10.0. The first-order valence-electron chi connectivity index (χ1n) is 6.39. The number of anilines is 1. The Balaban J connectivity index is 2.01. The van der Waals surface area contributed by atoms with E-state index in [1.165, 1.54) is 5.56 Å². The molecule has 2 aromatic carbocycles. The topological polar surface area (TPSA) is 49.3 Å². The van der Waals surface area contributed by atoms with Crippen LogP contribution in [0.4, 0.5) is 5.69 Å². The average molecular weight is 334 g/mol. The Morgan fingerprint density at radius 1 is 1.25 bits per heavy atom. The summed E-state index contributed by atoms with van der Waals surface area (Å²) in [6, 6.07) is 15.5. The van der Waals surface area contributed by atoms with Gasteiger partial charge in [-0.15, -0.1) is 0 Å². The summed E-state index contributed by atoms with van der Waals surface area (Å²) in [6.07, 6.45) is 0. The first-order chi connectivity index (χ1) is 9.58. The van der Waals surface area contributed by atoms with Crippen LogP contribution in [0.1, 0.15) is 28.8 Å². The van der Waals surface area contributed by atoms with Crippen LogP contribution in [0, 0.1) is 0 Å². The van der Waals surface area contributed by atoms with Crippen molar-refractivity contribution in [2.24, 2.45) is 0 Å². The quantitative estimate of drug-likeness (QED) is 0.854. The van der Waals surface area contributed by atoms with Crippen molar-refractivity contribution in [1.82, 2.24) is 0 Å². The minimum absolute atomic E-state index is 0.270. The summed E-state index contributed by atoms with van der Waals surface area (Å²) in [5, 5.41) is 12.3. The molecule has 3 nitrogen and oxygen atoms in total. The van der Waals surface area contributed by atoms with E-state index in [2.05, 4.69) is 40.3 Å². The van der Waals surface area contributed by atoms with E-state index in [-0.39, 0.29) is 5.56 Å². The van der Waals surface area contributed by atoms with E-state index in [0.717, 1.165) is 12.2 Å². The van der Waals surface area contributed by atoms with E-state index < -0.39 is 5.97 Å². The normalized spacial score (nSPS) is 11.9. The van der Waals surface area contributed by atoms with Crippen LogP contribution in [0.25, 0.3) is 0 Å². The third-order valence-corrected chi connectivity index (χ3v) is 3.84. The van der Waals surface area contributed by atoms with Crippen molar-refractivity contribution in [3.8, 4) is 0 Å². The molecule has 0 bridgehead atoms. The third-order valence-electron chi connectivity index (χ3n) is 3.18. The van der Waals surface area contributed by atoms with Crippen LogP contribution >= 0.6 is 15.9 Å². The molecule has 0 aliphatic carbocycles. The van der Waals surface area contributed by atoms with Crippen LogP contribution in [0.3, 0.4) is 0 Å². The van der Waals surface area contributed by atoms with Crippen LogP contribution in [0.15, 0.2) is 53.0 Å². The van der Waals surface area contributed by atoms with E-state index in [4.69, 9.17) is 5.11 Å². The lowest BCUT2D eigenvalue weighted by Crippen LogP contribution is -2.10. The summed E-state index contributed by atoms with van der Waals surface area (Å²) in [4.78, 5) is 10.9. The second kappa shape index (κ2) is 6.57. The van der Waals surface area contributed by atoms with Crippen LogP contribution in [-0.4, -0.2) is 17.6 Å². The number of hydrogen-bond acceptors (Lipinski definition) is 2. The van der Waals surface area contributed by atoms with Crippen molar-refractivity contribution in [2.45, 2.75) is 12.8 Å². The molecule has 104 valence electrons. The Morgan fingerprint density at radius 2 is 1.95 bits per heavy atom. The van der Waals surface area contributed by atoms with Crippen molar-refractivity contribution >= 4 is 27.6 Å². The molecular formula is C16H16BrNO2. The summed E-state index contributed by atoms with van der Waals surface area (Å²) in [6.45, 7) is 2.95. The first-order valence-corrected chi connectivity index (χ1v) is 7.19. The molecule has 0 radical (unpaired) electrons. The zero-order chi connectivity index (χ0) is 14.5. The van der Waals surface area contributed by atoms with Gasteiger partial charge in [0.05, 0.1) is 5.56 Å². The van der Waals surface area contributed by atoms with Gasteiger partial charge in [0.25, 0.3) is 0 Å². The van der Waals surface area contributed by atoms with Gasteiger partial charge >= 0.3 is 5.97 Å². The monoisotopic (exact) mass is 333 g/mol. The van der Waals surface area contributed by atoms with E-state index in [1.54, 1.807) is 18.2 Å². The summed E-state index contributed by atoms with van der Waals surface area (Å²) in [5.41, 5.74) is 2.46. The number of aromatic carboxylic acids is 1. The second-order valence-electron chi connectivity index (χ2n) is 4.69. The fourth-order valence-corrected chi connectivity index (χ4v) is 2.52. The maximum atomic E-state index is 10.9. The zero-order valence-corrected chi connectivity index (χ0v) is 12.7. The fraction of sp³-hybridized carbons (Fsp3) is 0.188. The second-order valence-corrected chi connectivity index (χ2v) is 5.55. The van der Waals surface area contributed by atoms with E-state index in [0.29, 0.717) is 10.4 Å². The number of rotatable bonds is 5. The van der Waals surface area contributed by atoms with E-state index >= 15 is 0 Å². The highest BCUT2D eigenvalue weighted by Crippen LogP contribution is 2.23. The predicted molar refractivity (Wildman–Crippen MR) is 84.4 cm³/mol. The van der Waals surface area contributed by atoms with Crippen molar-refractivity contribution < 1.29 is 9.90 Å². The lowest BCUT2D eigenvalue weighted by molar-refractivity contribution is 0.0696. The number of carbonyl (C=O) groups is 1. The van der Waals surface area contributed by atoms with Gasteiger partial charge in [-0.05, 0) is 45.6 Å². The van der Waals surface area contributed by atoms with Gasteiger partial charge in [0.1, 0.15) is 0 Å². The predicted octanol–water partition coefficient (Wildman–Crippen LogP) is 4.36. The Kier molecular flexibility index (Phi) is 4.79. The maximum Gasteiger partial charge on any atom is 0.336 e. The number of halogens is 1. The third kappa shape index (κ3) is 3.61. The Hall–Kier alpha value is -1.81. The Morgan fingerprint density at radius 3 is 2.55 bits per heavy atom. The molecule has 2 rings (SSSR count). The standard InChI is InChI=1S/C16H16BrNO2/c1-11(12-5-3-2-4-6-12)10-18-13-7-8-14(16(19)20)15(17)9-13/h2-9,11,18H,10H2,1H3,(H,19,20). The van der Waals surface area contributed by atoms with E-state index in [1.807, 2.05) is 18.2 Å². The van der Waals surface area contributed by atoms with Gasteiger partial charge < -0.3 is 10.4 Å². The smallest absolute Gasteiger partial charge is 0.336 e. The van der Waals surface area contributed by atoms with Crippen molar-refractivity contribution in [3.05, 3.63) is 64.1 Å². The van der Waals surface area contributed by atoms with Crippen LogP contribution < -0.4 is 5.32 Å². The van der Waals surface area contributed by atoms with Gasteiger partial charge in [0.2, 0.25) is 0 Å². The maximum absolute atomic E-state index is 10.9. The van der Waals surface area contributed by atoms with Crippen LogP contribution in [0.5, 0.6) is 0 Å². The fourth-order valence-electron chi connectivity index (χ4n) is 1.97. The highest BCUT2D eigenvalue weighted by molar-refractivity contribution is 9.10. The molecule has 20 heavy (non-hydrogen) atoms. The first kappa shape index (κ1) is 14.6. The minimum atomic E-state index is -0.930. The number of hydrogen-bond donors (Lipinski definition) is 2. The van der Waals surface area contributed by atoms with Gasteiger partial charge in [-0.25, -0.2) is 4.79 Å². The summed E-state index contributed by atoms with van der Waals surface area (Å²) < 4.78 is 0.586. The van der Waals surface area contributed by atoms with Crippen molar-refractivity contribution in [3.63, 3.8) is 0 Å². The van der Waals surface area contributed by atoms with Gasteiger partial charge in [-0.2, -0.15) is 0 Å². The number of benzene rings is 2. The Bertz CT molecular complexity index is 599. The van der Waals surface area contributed by atoms with Crippen LogP contribution in [0.2, 0.25) is 0 Å². The van der Waals surface area contributed by atoms with Gasteiger partial charge in [-0.1, -0.05) is 37.3 Å². The molecule has 1 unspecified atom stereocenters. The molecule has 0 heterocycles. The number of carboxylic acids is 1. The molecule has 2 N–H and O–H groups in total. The van der Waals surface area contributed by atoms with E-state index in [9.17, 15) is 4.79 Å². The molecule has 0 amide bonds. The van der Waals surface area contributed by atoms with Crippen molar-refractivity contribution in [2.75, 3.05) is 11.9 Å². The lowest BCUT2D eigenvalue weighted by Gasteiger charge is -2.14. The molecule has 2 aromatic rings. The molecule has 1 atom stereocenters. The molecule has 0 saturated carbocycles. The Labute approximate surface area is 126 Å². The van der Waals surface area contributed by atoms with Crippen molar-refractivity contribution in [1.29, 1.82) is 0 Å². The summed E-state index contributed by atoms with van der Waals surface area (Å²) in [7, 11) is 0. The molecule has 0 aliphatic heterocycles. The average Bonchev–Trinajstić information content (AvgIpc) is 2.45. The van der Waals surface area contributed by atoms with Gasteiger partial charge in [0.15, 0.2) is 0 Å². The summed E-state index contributed by atoms with van der Waals surface area (Å²) >= 11 is 3.28. The zero-order valence-electron chi connectivity index (χ0n) is 11.1. The number of nitrogens with one attached hydrogen (secondary N) is 1. The SMILES string of the molecule is CC(CNc1ccc(C(=O)O)c(Br)c1)c1ccccc1. The minimum Gasteiger partial charge on any atom is -0.478 e. The molecule has 0 saturated heterocycles. The molecule has 0 aliphatic rings. The van der Waals surface area contributed by atoms with Crippen LogP contribution in [-0.2, 0) is 0 Å². The highest BCUT2D eigenvalue weighted by atomic mass is 79.9. The summed E-state index contributed by atoms with van der Waals surface area (Å²) in [5.74, 6) is -0.546. The van der Waals surface area contributed by atoms with Gasteiger partial charge in [0, 0.05) is 16.7 Å². The molecule has 4 heteroatoms. The molecule has 0 fully saturated rings. The largest absolute Gasteiger partial charge is 0.478 e. The molecular weight excluding hydrogens is 318 g/mol. The molecule has 0 spiro atoms. The number of carboxylic acid groups (broad SMARTS) is 1. The molecule has 0 aromatic heterocycles. The highest BCUT2D eigenvalue weighted by Gasteiger charge is 2.09. The van der Waals surface area contributed by atoms with Gasteiger partial charge in [-0.3, -0.25) is 0 Å².